The van der Waals surface area contributed by atoms with Gasteiger partial charge in [-0.2, -0.15) is 0 Å². The topological polar surface area (TPSA) is 94.2 Å². The van der Waals surface area contributed by atoms with Gasteiger partial charge in [-0.25, -0.2) is 0 Å². The molecule has 2 N–H and O–H groups in total. The van der Waals surface area contributed by atoms with Gasteiger partial charge in [0.2, 0.25) is 0 Å². The Kier molecular flexibility index (Phi) is 4.29. The zero-order valence-corrected chi connectivity index (χ0v) is 12.9. The lowest BCUT2D eigenvalue weighted by Gasteiger charge is -2.13. The van der Waals surface area contributed by atoms with Crippen molar-refractivity contribution in [2.75, 3.05) is 5.32 Å². The van der Waals surface area contributed by atoms with Crippen LogP contribution in [0.1, 0.15) is 0 Å². The number of fused-ring (bicyclic) bond motifs is 1. The summed E-state index contributed by atoms with van der Waals surface area (Å²) in [5.74, 6) is -0.453. The molecule has 3 aromatic rings. The van der Waals surface area contributed by atoms with Crippen molar-refractivity contribution in [1.29, 1.82) is 0 Å². The summed E-state index contributed by atoms with van der Waals surface area (Å²) in [6, 6.07) is 11.0. The Labute approximate surface area is 143 Å². The third-order valence-electron chi connectivity index (χ3n) is 3.50. The number of pyridine rings is 1. The highest BCUT2D eigenvalue weighted by molar-refractivity contribution is 5.91. The van der Waals surface area contributed by atoms with Crippen LogP contribution in [0, 0.1) is 0 Å². The van der Waals surface area contributed by atoms with Crippen LogP contribution in [0.3, 0.4) is 0 Å². The summed E-state index contributed by atoms with van der Waals surface area (Å²) >= 11 is 0. The Hall–Kier alpha value is -3.49. The number of alkyl halides is 3. The lowest BCUT2D eigenvalue weighted by molar-refractivity contribution is -0.274. The molecule has 0 saturated heterocycles. The first kappa shape index (κ1) is 17.3. The second kappa shape index (κ2) is 6.43. The molecule has 0 spiro atoms. The number of rotatable bonds is 3. The maximum absolute atomic E-state index is 12.6. The van der Waals surface area contributed by atoms with Crippen LogP contribution >= 0.6 is 0 Å². The fraction of sp³-hybridized carbons (Fsp3) is 0.0588. The van der Waals surface area contributed by atoms with Gasteiger partial charge in [0.25, 0.3) is 5.56 Å². The van der Waals surface area contributed by atoms with Crippen molar-refractivity contribution in [2.45, 2.75) is 6.36 Å². The standard InChI is InChI=1S/C17H11F3N2O4/c18-17(19,20)26-14-4-2-1-3-11(14)13-7-9-5-6-10(21-16(24)25)8-12(9)15(23)22-13/h1-8,21H,(H,22,23)(H,24,25)/p-1. The second-order valence-corrected chi connectivity index (χ2v) is 5.27. The Bertz CT molecular complexity index is 1040. The predicted molar refractivity (Wildman–Crippen MR) is 85.7 cm³/mol. The summed E-state index contributed by atoms with van der Waals surface area (Å²) in [5, 5.41) is 13.2. The zero-order valence-electron chi connectivity index (χ0n) is 12.9. The van der Waals surface area contributed by atoms with Gasteiger partial charge in [0.05, 0.1) is 5.69 Å². The van der Waals surface area contributed by atoms with Crippen LogP contribution in [0.5, 0.6) is 5.75 Å². The van der Waals surface area contributed by atoms with Crippen molar-refractivity contribution < 1.29 is 27.8 Å². The Morgan fingerprint density at radius 2 is 1.85 bits per heavy atom. The molecule has 0 saturated carbocycles. The lowest BCUT2D eigenvalue weighted by atomic mass is 10.1. The zero-order chi connectivity index (χ0) is 18.9. The van der Waals surface area contributed by atoms with Gasteiger partial charge in [0, 0.05) is 16.6 Å². The molecule has 6 nitrogen and oxygen atoms in total. The number of para-hydroxylation sites is 1. The normalized spacial score (nSPS) is 11.3. The first-order valence-corrected chi connectivity index (χ1v) is 7.23. The van der Waals surface area contributed by atoms with Gasteiger partial charge in [0.1, 0.15) is 11.8 Å². The number of ether oxygens (including phenoxy) is 1. The van der Waals surface area contributed by atoms with Crippen LogP contribution in [0.25, 0.3) is 22.0 Å². The summed E-state index contributed by atoms with van der Waals surface area (Å²) in [6.07, 6.45) is -6.41. The number of carbonyl (C=O) groups is 1. The molecule has 26 heavy (non-hydrogen) atoms. The number of benzene rings is 2. The van der Waals surface area contributed by atoms with Crippen molar-refractivity contribution >= 4 is 22.6 Å². The molecule has 0 aliphatic heterocycles. The number of carbonyl (C=O) groups excluding carboxylic acids is 1. The first-order chi connectivity index (χ1) is 12.2. The van der Waals surface area contributed by atoms with E-state index in [2.05, 4.69) is 9.72 Å². The molecule has 1 amide bonds. The molecule has 134 valence electrons. The Balaban J connectivity index is 2.11. The van der Waals surface area contributed by atoms with E-state index in [1.54, 1.807) is 0 Å². The van der Waals surface area contributed by atoms with Crippen molar-refractivity contribution in [3.8, 4) is 17.0 Å². The van der Waals surface area contributed by atoms with Gasteiger partial charge in [0.15, 0.2) is 0 Å². The van der Waals surface area contributed by atoms with Crippen molar-refractivity contribution in [2.24, 2.45) is 0 Å². The molecular weight excluding hydrogens is 353 g/mol. The summed E-state index contributed by atoms with van der Waals surface area (Å²) in [7, 11) is 0. The highest BCUT2D eigenvalue weighted by Crippen LogP contribution is 2.33. The molecule has 1 heterocycles. The summed E-state index contributed by atoms with van der Waals surface area (Å²) in [6.45, 7) is 0. The number of nitrogens with one attached hydrogen (secondary N) is 2. The molecule has 0 bridgehead atoms. The molecule has 1 aromatic heterocycles. The number of amides is 1. The van der Waals surface area contributed by atoms with Crippen molar-refractivity contribution in [3.05, 3.63) is 58.9 Å². The van der Waals surface area contributed by atoms with Gasteiger partial charge in [-0.05, 0) is 35.7 Å². The smallest absolute Gasteiger partial charge is 0.530 e. The van der Waals surface area contributed by atoms with E-state index in [-0.39, 0.29) is 22.3 Å². The maximum atomic E-state index is 12.6. The van der Waals surface area contributed by atoms with E-state index in [1.165, 1.54) is 42.5 Å². The van der Waals surface area contributed by atoms with Gasteiger partial charge in [-0.1, -0.05) is 18.2 Å². The van der Waals surface area contributed by atoms with Crippen LogP contribution in [-0.2, 0) is 0 Å². The molecule has 0 unspecified atom stereocenters. The van der Waals surface area contributed by atoms with Gasteiger partial charge in [-0.3, -0.25) is 4.79 Å². The number of hydrogen-bond acceptors (Lipinski definition) is 4. The van der Waals surface area contributed by atoms with E-state index in [4.69, 9.17) is 0 Å². The molecule has 0 aliphatic carbocycles. The minimum absolute atomic E-state index is 0.0563. The van der Waals surface area contributed by atoms with E-state index in [0.717, 1.165) is 6.07 Å². The summed E-state index contributed by atoms with van der Waals surface area (Å²) in [5.41, 5.74) is -0.276. The van der Waals surface area contributed by atoms with E-state index in [1.807, 2.05) is 5.32 Å². The average Bonchev–Trinajstić information content (AvgIpc) is 2.54. The summed E-state index contributed by atoms with van der Waals surface area (Å²) in [4.78, 5) is 25.3. The van der Waals surface area contributed by atoms with Crippen LogP contribution < -0.4 is 20.7 Å². The molecule has 3 rings (SSSR count). The van der Waals surface area contributed by atoms with E-state index in [9.17, 15) is 27.9 Å². The fourth-order valence-corrected chi connectivity index (χ4v) is 2.50. The molecule has 0 atom stereocenters. The van der Waals surface area contributed by atoms with Crippen molar-refractivity contribution in [1.82, 2.24) is 4.98 Å². The Morgan fingerprint density at radius 1 is 1.12 bits per heavy atom. The third-order valence-corrected chi connectivity index (χ3v) is 3.50. The largest absolute Gasteiger partial charge is 0.573 e. The van der Waals surface area contributed by atoms with Crippen LogP contribution in [0.2, 0.25) is 0 Å². The minimum Gasteiger partial charge on any atom is -0.530 e. The molecule has 2 aromatic carbocycles. The van der Waals surface area contributed by atoms with Crippen molar-refractivity contribution in [3.63, 3.8) is 0 Å². The average molecular weight is 363 g/mol. The van der Waals surface area contributed by atoms with Gasteiger partial charge >= 0.3 is 6.36 Å². The van der Waals surface area contributed by atoms with E-state index < -0.39 is 23.8 Å². The fourth-order valence-electron chi connectivity index (χ4n) is 2.50. The molecule has 0 fully saturated rings. The highest BCUT2D eigenvalue weighted by Gasteiger charge is 2.32. The molecular formula is C17H10F3N2O4-. The number of anilines is 1. The van der Waals surface area contributed by atoms with Gasteiger partial charge < -0.3 is 24.9 Å². The number of hydrogen-bond donors (Lipinski definition) is 2. The van der Waals surface area contributed by atoms with Crippen LogP contribution in [0.4, 0.5) is 23.7 Å². The maximum Gasteiger partial charge on any atom is 0.573 e. The number of halogens is 3. The number of H-pyrrole nitrogens is 1. The first-order valence-electron chi connectivity index (χ1n) is 7.23. The lowest BCUT2D eigenvalue weighted by Crippen LogP contribution is -2.28. The highest BCUT2D eigenvalue weighted by atomic mass is 19.4. The predicted octanol–water partition coefficient (Wildman–Crippen LogP) is 2.85. The molecule has 0 radical (unpaired) electrons. The van der Waals surface area contributed by atoms with Crippen LogP contribution in [0.15, 0.2) is 53.3 Å². The van der Waals surface area contributed by atoms with Crippen LogP contribution in [-0.4, -0.2) is 17.4 Å². The molecule has 0 aliphatic rings. The van der Waals surface area contributed by atoms with Gasteiger partial charge in [-0.15, -0.1) is 13.2 Å². The molecule has 9 heteroatoms. The monoisotopic (exact) mass is 363 g/mol. The van der Waals surface area contributed by atoms with E-state index in [0.29, 0.717) is 5.39 Å². The van der Waals surface area contributed by atoms with E-state index >= 15 is 0 Å². The number of carboxylic acid groups (broad SMARTS) is 1. The quantitative estimate of drug-likeness (QED) is 0.748. The SMILES string of the molecule is O=C([O-])Nc1ccc2cc(-c3ccccc3OC(F)(F)F)[nH]c(=O)c2c1. The third kappa shape index (κ3) is 3.77. The number of aromatic nitrogens is 1. The Morgan fingerprint density at radius 3 is 2.54 bits per heavy atom. The summed E-state index contributed by atoms with van der Waals surface area (Å²) < 4.78 is 41.7. The second-order valence-electron chi connectivity index (χ2n) is 5.27. The minimum atomic E-state index is -4.88. The number of aromatic amines is 1.